The number of ether oxygens (including phenoxy) is 2. The molecule has 2 amide bonds. The lowest BCUT2D eigenvalue weighted by Crippen LogP contribution is -2.32. The summed E-state index contributed by atoms with van der Waals surface area (Å²) in [6.45, 7) is 4.65. The fourth-order valence-corrected chi connectivity index (χ4v) is 4.48. The van der Waals surface area contributed by atoms with Crippen LogP contribution in [-0.2, 0) is 14.4 Å². The van der Waals surface area contributed by atoms with Crippen molar-refractivity contribution in [3.8, 4) is 11.5 Å². The van der Waals surface area contributed by atoms with Gasteiger partial charge in [0.25, 0.3) is 5.91 Å². The molecular formula is C22H17Cl3N2O5S. The Morgan fingerprint density at radius 2 is 1.85 bits per heavy atom. The van der Waals surface area contributed by atoms with Crippen LogP contribution >= 0.6 is 46.6 Å². The van der Waals surface area contributed by atoms with Crippen LogP contribution in [0.5, 0.6) is 11.5 Å². The van der Waals surface area contributed by atoms with Crippen molar-refractivity contribution >= 4 is 81.3 Å². The van der Waals surface area contributed by atoms with E-state index >= 15 is 0 Å². The highest BCUT2D eigenvalue weighted by molar-refractivity contribution is 8.19. The number of carbonyl (C=O) groups excluding carboxylic acids is 3. The Bertz CT molecular complexity index is 1210. The monoisotopic (exact) mass is 526 g/mol. The molecule has 7 nitrogen and oxygen atoms in total. The van der Waals surface area contributed by atoms with Gasteiger partial charge in [-0.2, -0.15) is 4.99 Å². The molecule has 2 aromatic rings. The summed E-state index contributed by atoms with van der Waals surface area (Å²) in [4.78, 5) is 41.8. The number of halogens is 3. The van der Waals surface area contributed by atoms with Crippen molar-refractivity contribution in [3.05, 3.63) is 55.9 Å². The van der Waals surface area contributed by atoms with Crippen LogP contribution in [0.1, 0.15) is 26.3 Å². The summed E-state index contributed by atoms with van der Waals surface area (Å²) in [5.41, 5.74) is 0.825. The molecule has 1 heterocycles. The molecule has 0 spiro atoms. The van der Waals surface area contributed by atoms with Gasteiger partial charge in [0.1, 0.15) is 0 Å². The van der Waals surface area contributed by atoms with Crippen LogP contribution in [0.2, 0.25) is 15.1 Å². The number of amides is 2. The predicted molar refractivity (Wildman–Crippen MR) is 132 cm³/mol. The standard InChI is InChI=1S/C22H17Cl3N2O5S/c1-4-31-18-8-13(7-16(25)20(18)32-12(3)29)9-19-21(30)26-22(33-19)27(11(2)28)17-10-14(23)5-6-15(17)24/h5-10H,4H2,1-3H3/b19-9-. The third-order valence-corrected chi connectivity index (χ3v) is 5.94. The van der Waals surface area contributed by atoms with Crippen LogP contribution in [0.4, 0.5) is 5.69 Å². The Morgan fingerprint density at radius 1 is 1.12 bits per heavy atom. The normalized spacial score (nSPS) is 14.3. The van der Waals surface area contributed by atoms with Gasteiger partial charge < -0.3 is 9.47 Å². The molecular weight excluding hydrogens is 511 g/mol. The first-order valence-electron chi connectivity index (χ1n) is 9.53. The van der Waals surface area contributed by atoms with Crippen LogP contribution in [0.15, 0.2) is 40.2 Å². The minimum absolute atomic E-state index is 0.0915. The van der Waals surface area contributed by atoms with Crippen LogP contribution in [0.3, 0.4) is 0 Å². The third-order valence-electron chi connectivity index (χ3n) is 4.14. The molecule has 0 N–H and O–H groups in total. The molecule has 0 bridgehead atoms. The average Bonchev–Trinajstić information content (AvgIpc) is 3.07. The van der Waals surface area contributed by atoms with E-state index in [0.29, 0.717) is 22.9 Å². The summed E-state index contributed by atoms with van der Waals surface area (Å²) >= 11 is 19.6. The zero-order chi connectivity index (χ0) is 24.3. The van der Waals surface area contributed by atoms with Crippen LogP contribution < -0.4 is 14.4 Å². The smallest absolute Gasteiger partial charge is 0.308 e. The number of hydrogen-bond acceptors (Lipinski definition) is 6. The second-order valence-corrected chi connectivity index (χ2v) is 8.88. The Morgan fingerprint density at radius 3 is 2.48 bits per heavy atom. The van der Waals surface area contributed by atoms with E-state index in [-0.39, 0.29) is 31.6 Å². The number of thioether (sulfide) groups is 1. The first kappa shape index (κ1) is 25.1. The summed E-state index contributed by atoms with van der Waals surface area (Å²) in [6.07, 6.45) is 1.55. The minimum atomic E-state index is -0.549. The van der Waals surface area contributed by atoms with Gasteiger partial charge in [0.05, 0.1) is 27.2 Å². The lowest BCUT2D eigenvalue weighted by molar-refractivity contribution is -0.132. The van der Waals surface area contributed by atoms with E-state index in [9.17, 15) is 14.4 Å². The van der Waals surface area contributed by atoms with Crippen molar-refractivity contribution < 1.29 is 23.9 Å². The fraction of sp³-hybridized carbons (Fsp3) is 0.182. The summed E-state index contributed by atoms with van der Waals surface area (Å²) in [5.74, 6) is -1.15. The Labute approximate surface area is 209 Å². The zero-order valence-corrected chi connectivity index (χ0v) is 20.7. The van der Waals surface area contributed by atoms with E-state index in [1.807, 2.05) is 0 Å². The molecule has 0 unspecified atom stereocenters. The fourth-order valence-electron chi connectivity index (χ4n) is 2.89. The Kier molecular flexibility index (Phi) is 8.07. The van der Waals surface area contributed by atoms with Gasteiger partial charge in [0.15, 0.2) is 16.7 Å². The topological polar surface area (TPSA) is 85.3 Å². The molecule has 0 fully saturated rings. The summed E-state index contributed by atoms with van der Waals surface area (Å²) < 4.78 is 10.7. The van der Waals surface area contributed by atoms with Crippen LogP contribution in [0, 0.1) is 0 Å². The van der Waals surface area contributed by atoms with Gasteiger partial charge in [-0.3, -0.25) is 19.3 Å². The van der Waals surface area contributed by atoms with E-state index in [0.717, 1.165) is 11.8 Å². The summed E-state index contributed by atoms with van der Waals surface area (Å²) in [5, 5.41) is 0.917. The number of hydrogen-bond donors (Lipinski definition) is 0. The first-order chi connectivity index (χ1) is 15.6. The lowest BCUT2D eigenvalue weighted by atomic mass is 10.2. The quantitative estimate of drug-likeness (QED) is 0.270. The molecule has 0 radical (unpaired) electrons. The molecule has 11 heteroatoms. The van der Waals surface area contributed by atoms with Gasteiger partial charge >= 0.3 is 5.97 Å². The maximum atomic E-state index is 12.6. The molecule has 33 heavy (non-hydrogen) atoms. The molecule has 0 aliphatic carbocycles. The maximum absolute atomic E-state index is 12.6. The van der Waals surface area contributed by atoms with Crippen molar-refractivity contribution in [1.29, 1.82) is 0 Å². The van der Waals surface area contributed by atoms with Crippen LogP contribution in [0.25, 0.3) is 6.08 Å². The number of benzene rings is 2. The van der Waals surface area contributed by atoms with Gasteiger partial charge in [-0.1, -0.05) is 34.8 Å². The Balaban J connectivity index is 1.96. The van der Waals surface area contributed by atoms with Crippen molar-refractivity contribution in [2.45, 2.75) is 20.8 Å². The van der Waals surface area contributed by atoms with Crippen LogP contribution in [-0.4, -0.2) is 29.6 Å². The van der Waals surface area contributed by atoms with E-state index in [4.69, 9.17) is 44.3 Å². The van der Waals surface area contributed by atoms with Gasteiger partial charge in [-0.05, 0) is 60.7 Å². The number of esters is 1. The van der Waals surface area contributed by atoms with E-state index in [1.54, 1.807) is 31.2 Å². The number of rotatable bonds is 5. The zero-order valence-electron chi connectivity index (χ0n) is 17.6. The predicted octanol–water partition coefficient (Wildman–Crippen LogP) is 5.99. The molecule has 3 rings (SSSR count). The SMILES string of the molecule is CCOc1cc(/C=C2\SC(N(C(C)=O)c3cc(Cl)ccc3Cl)=NC2=O)cc(Cl)c1OC(C)=O. The second kappa shape index (κ2) is 10.6. The van der Waals surface area contributed by atoms with Crippen molar-refractivity contribution in [1.82, 2.24) is 0 Å². The number of amidine groups is 1. The summed E-state index contributed by atoms with van der Waals surface area (Å²) in [7, 11) is 0. The van der Waals surface area contributed by atoms with Gasteiger partial charge in [0.2, 0.25) is 5.91 Å². The molecule has 1 aliphatic heterocycles. The largest absolute Gasteiger partial charge is 0.490 e. The van der Waals surface area contributed by atoms with Gasteiger partial charge in [-0.15, -0.1) is 0 Å². The highest BCUT2D eigenvalue weighted by Gasteiger charge is 2.30. The summed E-state index contributed by atoms with van der Waals surface area (Å²) in [6, 6.07) is 7.77. The second-order valence-electron chi connectivity index (χ2n) is 6.62. The van der Waals surface area contributed by atoms with E-state index in [2.05, 4.69) is 4.99 Å². The molecule has 172 valence electrons. The number of aliphatic imine (C=N–C) groups is 1. The number of carbonyl (C=O) groups is 3. The highest BCUT2D eigenvalue weighted by atomic mass is 35.5. The highest BCUT2D eigenvalue weighted by Crippen LogP contribution is 2.40. The molecule has 0 saturated heterocycles. The molecule has 0 saturated carbocycles. The molecule has 2 aromatic carbocycles. The average molecular weight is 528 g/mol. The van der Waals surface area contributed by atoms with Gasteiger partial charge in [-0.25, -0.2) is 0 Å². The molecule has 0 aromatic heterocycles. The maximum Gasteiger partial charge on any atom is 0.308 e. The Hall–Kier alpha value is -2.52. The number of nitrogens with zero attached hydrogens (tertiary/aromatic N) is 2. The molecule has 0 atom stereocenters. The van der Waals surface area contributed by atoms with E-state index < -0.39 is 17.8 Å². The van der Waals surface area contributed by atoms with Crippen molar-refractivity contribution in [3.63, 3.8) is 0 Å². The number of anilines is 1. The van der Waals surface area contributed by atoms with Crippen molar-refractivity contribution in [2.75, 3.05) is 11.5 Å². The van der Waals surface area contributed by atoms with Gasteiger partial charge in [0, 0.05) is 18.9 Å². The first-order valence-corrected chi connectivity index (χ1v) is 11.5. The third kappa shape index (κ3) is 5.89. The van der Waals surface area contributed by atoms with Crippen molar-refractivity contribution in [2.24, 2.45) is 4.99 Å². The molecule has 1 aliphatic rings. The van der Waals surface area contributed by atoms with E-state index in [1.165, 1.54) is 30.9 Å². The lowest BCUT2D eigenvalue weighted by Gasteiger charge is -2.21. The minimum Gasteiger partial charge on any atom is -0.490 e.